The highest BCUT2D eigenvalue weighted by Gasteiger charge is 2.25. The summed E-state index contributed by atoms with van der Waals surface area (Å²) in [6, 6.07) is 11.9. The number of hydrogen-bond acceptors (Lipinski definition) is 4. The van der Waals surface area contributed by atoms with Crippen molar-refractivity contribution in [1.82, 2.24) is 4.72 Å². The van der Waals surface area contributed by atoms with Crippen molar-refractivity contribution >= 4 is 15.9 Å². The van der Waals surface area contributed by atoms with Crippen molar-refractivity contribution < 1.29 is 17.9 Å². The first-order valence-corrected chi connectivity index (χ1v) is 9.00. The molecule has 0 spiro atoms. The van der Waals surface area contributed by atoms with Crippen LogP contribution in [0.5, 0.6) is 5.75 Å². The van der Waals surface area contributed by atoms with Crippen LogP contribution in [0.3, 0.4) is 0 Å². The van der Waals surface area contributed by atoms with Crippen molar-refractivity contribution in [2.24, 2.45) is 5.73 Å². The fourth-order valence-corrected chi connectivity index (χ4v) is 3.78. The molecule has 0 fully saturated rings. The highest BCUT2D eigenvalue weighted by Crippen LogP contribution is 2.28. The van der Waals surface area contributed by atoms with Crippen LogP contribution in [0.2, 0.25) is 0 Å². The quantitative estimate of drug-likeness (QED) is 0.854. The third-order valence-corrected chi connectivity index (χ3v) is 5.42. The second-order valence-corrected chi connectivity index (χ2v) is 7.51. The van der Waals surface area contributed by atoms with Gasteiger partial charge in [0.25, 0.3) is 0 Å². The number of carbonyl (C=O) groups is 1. The van der Waals surface area contributed by atoms with Gasteiger partial charge in [-0.15, -0.1) is 0 Å². The summed E-state index contributed by atoms with van der Waals surface area (Å²) in [5.41, 5.74) is 7.17. The lowest BCUT2D eigenvalue weighted by molar-refractivity contribution is 0.0999. The molecular formula is C17H18N2O4S. The maximum absolute atomic E-state index is 12.4. The molecule has 0 bridgehead atoms. The van der Waals surface area contributed by atoms with Gasteiger partial charge in [0.2, 0.25) is 15.9 Å². The number of nitrogens with two attached hydrogens (primary N) is 1. The molecule has 1 amide bonds. The number of sulfonamides is 1. The topological polar surface area (TPSA) is 98.5 Å². The molecule has 1 aliphatic heterocycles. The molecule has 1 aliphatic rings. The smallest absolute Gasteiger partial charge is 0.249 e. The van der Waals surface area contributed by atoms with E-state index in [-0.39, 0.29) is 23.1 Å². The fourth-order valence-electron chi connectivity index (χ4n) is 2.69. The molecule has 0 saturated heterocycles. The molecule has 1 atom stereocenters. The van der Waals surface area contributed by atoms with Gasteiger partial charge in [-0.3, -0.25) is 4.79 Å². The van der Waals surface area contributed by atoms with Crippen molar-refractivity contribution in [3.8, 4) is 5.75 Å². The van der Waals surface area contributed by atoms with E-state index in [9.17, 15) is 13.2 Å². The van der Waals surface area contributed by atoms with Gasteiger partial charge in [0.1, 0.15) is 11.9 Å². The zero-order valence-corrected chi connectivity index (χ0v) is 14.0. The monoisotopic (exact) mass is 346 g/mol. The SMILES string of the molecule is Cc1ccc(S(=O)(=O)NC[C@@H]2Cc3ccccc3O2)cc1C(N)=O. The summed E-state index contributed by atoms with van der Waals surface area (Å²) in [5, 5.41) is 0. The molecule has 0 aliphatic carbocycles. The zero-order chi connectivity index (χ0) is 17.3. The molecular weight excluding hydrogens is 328 g/mol. The van der Waals surface area contributed by atoms with E-state index in [0.29, 0.717) is 12.0 Å². The number of nitrogens with one attached hydrogen (secondary N) is 1. The Labute approximate surface area is 140 Å². The number of benzene rings is 2. The molecule has 0 unspecified atom stereocenters. The Kier molecular flexibility index (Phi) is 4.29. The Morgan fingerprint density at radius 1 is 1.29 bits per heavy atom. The van der Waals surface area contributed by atoms with E-state index in [0.717, 1.165) is 11.3 Å². The van der Waals surface area contributed by atoms with E-state index in [1.807, 2.05) is 24.3 Å². The largest absolute Gasteiger partial charge is 0.488 e. The number of para-hydroxylation sites is 1. The molecule has 3 N–H and O–H groups in total. The van der Waals surface area contributed by atoms with E-state index in [1.54, 1.807) is 13.0 Å². The molecule has 7 heteroatoms. The first-order chi connectivity index (χ1) is 11.4. The van der Waals surface area contributed by atoms with Crippen LogP contribution in [0.4, 0.5) is 0 Å². The van der Waals surface area contributed by atoms with Gasteiger partial charge in [-0.2, -0.15) is 0 Å². The molecule has 2 aromatic rings. The van der Waals surface area contributed by atoms with Gasteiger partial charge in [-0.25, -0.2) is 13.1 Å². The number of amides is 1. The highest BCUT2D eigenvalue weighted by atomic mass is 32.2. The van der Waals surface area contributed by atoms with Crippen LogP contribution in [0, 0.1) is 6.92 Å². The van der Waals surface area contributed by atoms with Crippen molar-refractivity contribution in [2.45, 2.75) is 24.3 Å². The van der Waals surface area contributed by atoms with Gasteiger partial charge < -0.3 is 10.5 Å². The lowest BCUT2D eigenvalue weighted by Gasteiger charge is -2.13. The summed E-state index contributed by atoms with van der Waals surface area (Å²) in [7, 11) is -3.75. The minimum atomic E-state index is -3.75. The third-order valence-electron chi connectivity index (χ3n) is 4.00. The van der Waals surface area contributed by atoms with Crippen molar-refractivity contribution in [1.29, 1.82) is 0 Å². The molecule has 24 heavy (non-hydrogen) atoms. The molecule has 0 radical (unpaired) electrons. The Morgan fingerprint density at radius 2 is 2.04 bits per heavy atom. The average molecular weight is 346 g/mol. The van der Waals surface area contributed by atoms with Gasteiger partial charge in [-0.05, 0) is 36.2 Å². The van der Waals surface area contributed by atoms with E-state index in [4.69, 9.17) is 10.5 Å². The Morgan fingerprint density at radius 3 is 2.75 bits per heavy atom. The van der Waals surface area contributed by atoms with Gasteiger partial charge in [-0.1, -0.05) is 24.3 Å². The summed E-state index contributed by atoms with van der Waals surface area (Å²) in [6.45, 7) is 1.85. The standard InChI is InChI=1S/C17H18N2O4S/c1-11-6-7-14(9-15(11)17(18)20)24(21,22)19-10-13-8-12-4-2-3-5-16(12)23-13/h2-7,9,13,19H,8,10H2,1H3,(H2,18,20)/t13-/m0/s1. The predicted molar refractivity (Wildman–Crippen MR) is 89.4 cm³/mol. The molecule has 0 aromatic heterocycles. The number of hydrogen-bond donors (Lipinski definition) is 2. The van der Waals surface area contributed by atoms with Crippen LogP contribution in [-0.4, -0.2) is 27.0 Å². The zero-order valence-electron chi connectivity index (χ0n) is 13.2. The van der Waals surface area contributed by atoms with Crippen molar-refractivity contribution in [3.05, 3.63) is 59.2 Å². The molecule has 3 rings (SSSR count). The summed E-state index contributed by atoms with van der Waals surface area (Å²) in [6.07, 6.45) is 0.400. The Balaban J connectivity index is 1.71. The number of fused-ring (bicyclic) bond motifs is 1. The number of carbonyl (C=O) groups excluding carboxylic acids is 1. The van der Waals surface area contributed by atoms with E-state index in [1.165, 1.54) is 12.1 Å². The fraction of sp³-hybridized carbons (Fsp3) is 0.235. The lowest BCUT2D eigenvalue weighted by Crippen LogP contribution is -2.34. The average Bonchev–Trinajstić information content (AvgIpc) is 2.96. The molecule has 1 heterocycles. The maximum Gasteiger partial charge on any atom is 0.249 e. The molecule has 126 valence electrons. The number of aryl methyl sites for hydroxylation is 1. The third kappa shape index (κ3) is 3.27. The molecule has 0 saturated carbocycles. The number of rotatable bonds is 5. The normalized spacial score (nSPS) is 16.5. The van der Waals surface area contributed by atoms with Gasteiger partial charge in [0.15, 0.2) is 0 Å². The van der Waals surface area contributed by atoms with Crippen LogP contribution in [0.25, 0.3) is 0 Å². The van der Waals surface area contributed by atoms with Gasteiger partial charge in [0.05, 0.1) is 4.90 Å². The second-order valence-electron chi connectivity index (χ2n) is 5.74. The van der Waals surface area contributed by atoms with Crippen molar-refractivity contribution in [3.63, 3.8) is 0 Å². The number of ether oxygens (including phenoxy) is 1. The lowest BCUT2D eigenvalue weighted by atomic mass is 10.1. The summed E-state index contributed by atoms with van der Waals surface area (Å²) >= 11 is 0. The van der Waals surface area contributed by atoms with Crippen LogP contribution in [-0.2, 0) is 16.4 Å². The van der Waals surface area contributed by atoms with E-state index in [2.05, 4.69) is 4.72 Å². The highest BCUT2D eigenvalue weighted by molar-refractivity contribution is 7.89. The number of primary amides is 1. The molecule has 2 aromatic carbocycles. The summed E-state index contributed by atoms with van der Waals surface area (Å²) < 4.78 is 33.1. The Bertz CT molecular complexity index is 868. The maximum atomic E-state index is 12.4. The molecule has 6 nitrogen and oxygen atoms in total. The van der Waals surface area contributed by atoms with Gasteiger partial charge >= 0.3 is 0 Å². The van der Waals surface area contributed by atoms with Crippen LogP contribution in [0.1, 0.15) is 21.5 Å². The van der Waals surface area contributed by atoms with Gasteiger partial charge in [0, 0.05) is 18.5 Å². The first kappa shape index (κ1) is 16.5. The van der Waals surface area contributed by atoms with Crippen LogP contribution in [0.15, 0.2) is 47.4 Å². The predicted octanol–water partition coefficient (Wildman–Crippen LogP) is 1.38. The minimum Gasteiger partial charge on any atom is -0.488 e. The summed E-state index contributed by atoms with van der Waals surface area (Å²) in [4.78, 5) is 11.4. The van der Waals surface area contributed by atoms with Crippen molar-refractivity contribution in [2.75, 3.05) is 6.54 Å². The first-order valence-electron chi connectivity index (χ1n) is 7.51. The second kappa shape index (κ2) is 6.26. The Hall–Kier alpha value is -2.38. The van der Waals surface area contributed by atoms with E-state index >= 15 is 0 Å². The van der Waals surface area contributed by atoms with E-state index < -0.39 is 15.9 Å². The minimum absolute atomic E-state index is 0.0115. The summed E-state index contributed by atoms with van der Waals surface area (Å²) in [5.74, 6) is 0.132. The van der Waals surface area contributed by atoms with Crippen LogP contribution < -0.4 is 15.2 Å². The van der Waals surface area contributed by atoms with Crippen LogP contribution >= 0.6 is 0 Å².